The molecular weight excluding hydrogens is 176 g/mol. The molecule has 0 aromatic rings. The van der Waals surface area contributed by atoms with Gasteiger partial charge in [-0.15, -0.1) is 0 Å². The minimum absolute atomic E-state index is 0.503. The van der Waals surface area contributed by atoms with Gasteiger partial charge < -0.3 is 0 Å². The number of Topliss-reactive ketones (excluding diaryl/α,β-unsaturated/α-hetero) is 1. The van der Waals surface area contributed by atoms with E-state index in [9.17, 15) is 4.79 Å². The Morgan fingerprint density at radius 1 is 1.08 bits per heavy atom. The lowest BCUT2D eigenvalue weighted by Gasteiger charge is -2.30. The van der Waals surface area contributed by atoms with Crippen molar-refractivity contribution < 1.29 is 4.79 Å². The van der Waals surface area contributed by atoms with Crippen molar-refractivity contribution >= 4 is 13.9 Å². The average molecular weight is 198 g/mol. The molecule has 1 atom stereocenters. The van der Waals surface area contributed by atoms with E-state index in [0.717, 1.165) is 24.8 Å². The van der Waals surface area contributed by atoms with Gasteiger partial charge in [-0.25, -0.2) is 0 Å². The number of hydrogen-bond donors (Lipinski definition) is 0. The fourth-order valence-corrected chi connectivity index (χ4v) is 4.26. The van der Waals surface area contributed by atoms with Gasteiger partial charge in [-0.3, -0.25) is 4.79 Å². The highest BCUT2D eigenvalue weighted by Gasteiger charge is 2.27. The van der Waals surface area contributed by atoms with Gasteiger partial charge in [0.25, 0.3) is 0 Å². The number of carbonyl (C=O) groups is 1. The average Bonchev–Trinajstić information content (AvgIpc) is 1.94. The predicted molar refractivity (Wildman–Crippen MR) is 59.8 cm³/mol. The minimum atomic E-state index is -0.993. The molecule has 0 saturated heterocycles. The van der Waals surface area contributed by atoms with E-state index < -0.39 is 8.07 Å². The Bertz CT molecular complexity index is 181. The first-order valence-electron chi connectivity index (χ1n) is 5.52. The van der Waals surface area contributed by atoms with Crippen molar-refractivity contribution in [2.45, 2.75) is 63.7 Å². The summed E-state index contributed by atoms with van der Waals surface area (Å²) >= 11 is 0. The van der Waals surface area contributed by atoms with Crippen LogP contribution in [0, 0.1) is 0 Å². The van der Waals surface area contributed by atoms with Crippen LogP contribution in [0.2, 0.25) is 25.2 Å². The van der Waals surface area contributed by atoms with Crippen LogP contribution in [-0.2, 0) is 4.79 Å². The van der Waals surface area contributed by atoms with Crippen LogP contribution in [0.25, 0.3) is 0 Å². The Balaban J connectivity index is 2.50. The van der Waals surface area contributed by atoms with Crippen LogP contribution in [0.5, 0.6) is 0 Å². The molecule has 0 amide bonds. The van der Waals surface area contributed by atoms with Gasteiger partial charge in [-0.1, -0.05) is 32.5 Å². The highest BCUT2D eigenvalue weighted by Crippen LogP contribution is 2.34. The second-order valence-electron chi connectivity index (χ2n) is 5.39. The van der Waals surface area contributed by atoms with E-state index >= 15 is 0 Å². The molecule has 0 N–H and O–H groups in total. The molecule has 13 heavy (non-hydrogen) atoms. The Hall–Kier alpha value is -0.113. The summed E-state index contributed by atoms with van der Waals surface area (Å²) in [7, 11) is -0.993. The van der Waals surface area contributed by atoms with Crippen LogP contribution in [0.1, 0.15) is 38.5 Å². The first kappa shape index (κ1) is 11.0. The largest absolute Gasteiger partial charge is 0.300 e. The Morgan fingerprint density at radius 3 is 2.38 bits per heavy atom. The molecule has 1 aliphatic carbocycles. The van der Waals surface area contributed by atoms with E-state index in [2.05, 4.69) is 19.6 Å². The quantitative estimate of drug-likeness (QED) is 0.588. The van der Waals surface area contributed by atoms with Gasteiger partial charge >= 0.3 is 0 Å². The molecule has 0 radical (unpaired) electrons. The van der Waals surface area contributed by atoms with Crippen molar-refractivity contribution in [2.24, 2.45) is 0 Å². The summed E-state index contributed by atoms with van der Waals surface area (Å²) in [6.45, 7) is 7.30. The summed E-state index contributed by atoms with van der Waals surface area (Å²) in [5, 5.41) is 0. The van der Waals surface area contributed by atoms with Gasteiger partial charge in [0.15, 0.2) is 0 Å². The first-order valence-corrected chi connectivity index (χ1v) is 9.09. The lowest BCUT2D eigenvalue weighted by molar-refractivity contribution is -0.119. The number of ketones is 1. The van der Waals surface area contributed by atoms with Gasteiger partial charge in [0, 0.05) is 20.9 Å². The molecule has 0 aromatic heterocycles. The molecule has 1 aliphatic rings. The molecular formula is C11H22OSi. The van der Waals surface area contributed by atoms with Gasteiger partial charge in [0.1, 0.15) is 5.78 Å². The van der Waals surface area contributed by atoms with Crippen LogP contribution in [0.3, 0.4) is 0 Å². The second-order valence-corrected chi connectivity index (χ2v) is 10.9. The van der Waals surface area contributed by atoms with Gasteiger partial charge in [-0.2, -0.15) is 0 Å². The molecule has 1 unspecified atom stereocenters. The second kappa shape index (κ2) is 4.40. The summed E-state index contributed by atoms with van der Waals surface area (Å²) in [4.78, 5) is 11.3. The SMILES string of the molecule is C[Si](C)(C)C1CCCCC(=O)CC1. The van der Waals surface area contributed by atoms with Crippen LogP contribution >= 0.6 is 0 Å². The number of hydrogen-bond acceptors (Lipinski definition) is 1. The van der Waals surface area contributed by atoms with E-state index in [0.29, 0.717) is 5.78 Å². The fraction of sp³-hybridized carbons (Fsp3) is 0.909. The molecule has 1 nitrogen and oxygen atoms in total. The van der Waals surface area contributed by atoms with Crippen molar-refractivity contribution in [2.75, 3.05) is 0 Å². The summed E-state index contributed by atoms with van der Waals surface area (Å²) in [5.74, 6) is 0.503. The lowest BCUT2D eigenvalue weighted by atomic mass is 9.99. The molecule has 0 bridgehead atoms. The molecule has 1 saturated carbocycles. The monoisotopic (exact) mass is 198 g/mol. The van der Waals surface area contributed by atoms with Crippen LogP contribution in [0.4, 0.5) is 0 Å². The van der Waals surface area contributed by atoms with Gasteiger partial charge in [-0.05, 0) is 18.4 Å². The smallest absolute Gasteiger partial charge is 0.132 e. The minimum Gasteiger partial charge on any atom is -0.300 e. The van der Waals surface area contributed by atoms with Crippen molar-refractivity contribution in [1.82, 2.24) is 0 Å². The molecule has 0 spiro atoms. The van der Waals surface area contributed by atoms with Crippen LogP contribution < -0.4 is 0 Å². The number of rotatable bonds is 1. The van der Waals surface area contributed by atoms with Crippen molar-refractivity contribution in [3.8, 4) is 0 Å². The zero-order chi connectivity index (χ0) is 9.90. The highest BCUT2D eigenvalue weighted by atomic mass is 28.3. The highest BCUT2D eigenvalue weighted by molar-refractivity contribution is 6.77. The molecule has 1 fully saturated rings. The fourth-order valence-electron chi connectivity index (χ4n) is 2.18. The van der Waals surface area contributed by atoms with Crippen molar-refractivity contribution in [1.29, 1.82) is 0 Å². The van der Waals surface area contributed by atoms with Crippen LogP contribution in [0.15, 0.2) is 0 Å². The maximum Gasteiger partial charge on any atom is 0.132 e. The standard InChI is InChI=1S/C11H22OSi/c1-13(2,3)11-7-5-4-6-10(12)8-9-11/h11H,4-9H2,1-3H3. The molecule has 1 rings (SSSR count). The zero-order valence-corrected chi connectivity index (χ0v) is 10.2. The third kappa shape index (κ3) is 3.63. The Kier molecular flexibility index (Phi) is 3.71. The lowest BCUT2D eigenvalue weighted by Crippen LogP contribution is -2.29. The normalized spacial score (nSPS) is 26.7. The third-order valence-corrected chi connectivity index (χ3v) is 6.28. The molecule has 0 aliphatic heterocycles. The topological polar surface area (TPSA) is 17.1 Å². The maximum atomic E-state index is 11.3. The summed E-state index contributed by atoms with van der Waals surface area (Å²) < 4.78 is 0. The maximum absolute atomic E-state index is 11.3. The Labute approximate surface area is 82.9 Å². The summed E-state index contributed by atoms with van der Waals surface area (Å²) in [5.41, 5.74) is 0.886. The number of carbonyl (C=O) groups excluding carboxylic acids is 1. The van der Waals surface area contributed by atoms with E-state index in [1.165, 1.54) is 19.3 Å². The molecule has 76 valence electrons. The molecule has 2 heteroatoms. The Morgan fingerprint density at radius 2 is 1.77 bits per heavy atom. The summed E-state index contributed by atoms with van der Waals surface area (Å²) in [6.07, 6.45) is 6.67. The van der Waals surface area contributed by atoms with Crippen LogP contribution in [-0.4, -0.2) is 13.9 Å². The first-order chi connectivity index (χ1) is 6.00. The van der Waals surface area contributed by atoms with E-state index in [-0.39, 0.29) is 0 Å². The van der Waals surface area contributed by atoms with Crippen molar-refractivity contribution in [3.05, 3.63) is 0 Å². The van der Waals surface area contributed by atoms with Crippen molar-refractivity contribution in [3.63, 3.8) is 0 Å². The van der Waals surface area contributed by atoms with Gasteiger partial charge in [0.2, 0.25) is 0 Å². The predicted octanol–water partition coefficient (Wildman–Crippen LogP) is 3.62. The zero-order valence-electron chi connectivity index (χ0n) is 9.23. The summed E-state index contributed by atoms with van der Waals surface area (Å²) in [6, 6.07) is 0. The molecule has 0 aromatic carbocycles. The van der Waals surface area contributed by atoms with E-state index in [1.54, 1.807) is 0 Å². The van der Waals surface area contributed by atoms with E-state index in [4.69, 9.17) is 0 Å². The molecule has 0 heterocycles. The van der Waals surface area contributed by atoms with E-state index in [1.807, 2.05) is 0 Å². The van der Waals surface area contributed by atoms with Gasteiger partial charge in [0.05, 0.1) is 0 Å². The third-order valence-electron chi connectivity index (χ3n) is 3.25.